The number of hydrogen-bond donors (Lipinski definition) is 1. The highest BCUT2D eigenvalue weighted by molar-refractivity contribution is 7.16. The van der Waals surface area contributed by atoms with E-state index in [1.807, 2.05) is 35.9 Å². The van der Waals surface area contributed by atoms with E-state index in [1.165, 1.54) is 22.7 Å². The van der Waals surface area contributed by atoms with Gasteiger partial charge in [-0.05, 0) is 30.5 Å². The molecule has 1 amide bonds. The quantitative estimate of drug-likeness (QED) is 0.900. The van der Waals surface area contributed by atoms with Crippen LogP contribution in [0, 0.1) is 0 Å². The molecule has 2 rings (SSSR count). The molecule has 0 fully saturated rings. The minimum absolute atomic E-state index is 0.00935. The molecule has 0 saturated carbocycles. The summed E-state index contributed by atoms with van der Waals surface area (Å²) in [6.07, 6.45) is 0. The van der Waals surface area contributed by atoms with Crippen LogP contribution in [0.5, 0.6) is 0 Å². The van der Waals surface area contributed by atoms with Gasteiger partial charge in [0.1, 0.15) is 0 Å². The third-order valence-electron chi connectivity index (χ3n) is 2.15. The molecule has 84 valence electrons. The predicted octanol–water partition coefficient (Wildman–Crippen LogP) is 3.95. The number of nitrogens with one attached hydrogen (secondary N) is 1. The lowest BCUT2D eigenvalue weighted by atomic mass is 10.2. The average Bonchev–Trinajstić information content (AvgIpc) is 2.87. The van der Waals surface area contributed by atoms with Gasteiger partial charge in [-0.15, -0.1) is 11.3 Å². The van der Waals surface area contributed by atoms with Crippen LogP contribution in [-0.4, -0.2) is 5.91 Å². The lowest BCUT2D eigenvalue weighted by Gasteiger charge is -2.11. The Labute approximate surface area is 107 Å². The zero-order valence-electron chi connectivity index (χ0n) is 8.57. The smallest absolute Gasteiger partial charge is 0.252 e. The van der Waals surface area contributed by atoms with Crippen LogP contribution in [0.4, 0.5) is 0 Å². The van der Waals surface area contributed by atoms with Crippen molar-refractivity contribution in [1.29, 1.82) is 0 Å². The molecule has 0 aromatic carbocycles. The molecule has 0 aliphatic rings. The molecule has 0 aliphatic heterocycles. The Morgan fingerprint density at radius 1 is 1.44 bits per heavy atom. The first-order valence-electron chi connectivity index (χ1n) is 4.75. The maximum absolute atomic E-state index is 11.8. The van der Waals surface area contributed by atoms with E-state index < -0.39 is 0 Å². The van der Waals surface area contributed by atoms with E-state index in [1.54, 1.807) is 0 Å². The Balaban J connectivity index is 2.03. The molecular weight excluding hydrogens is 262 g/mol. The van der Waals surface area contributed by atoms with Gasteiger partial charge in [-0.3, -0.25) is 4.79 Å². The summed E-state index contributed by atoms with van der Waals surface area (Å²) in [5.74, 6) is -0.0433. The minimum Gasteiger partial charge on any atom is -0.345 e. The fourth-order valence-corrected chi connectivity index (χ4v) is 3.01. The van der Waals surface area contributed by atoms with E-state index in [4.69, 9.17) is 11.6 Å². The Bertz CT molecular complexity index is 478. The highest BCUT2D eigenvalue weighted by atomic mass is 35.5. The van der Waals surface area contributed by atoms with Crippen LogP contribution in [0.25, 0.3) is 0 Å². The van der Waals surface area contributed by atoms with Crippen LogP contribution >= 0.6 is 34.3 Å². The van der Waals surface area contributed by atoms with Gasteiger partial charge in [-0.2, -0.15) is 11.3 Å². The molecule has 0 saturated heterocycles. The summed E-state index contributed by atoms with van der Waals surface area (Å²) in [4.78, 5) is 12.8. The summed E-state index contributed by atoms with van der Waals surface area (Å²) >= 11 is 8.85. The van der Waals surface area contributed by atoms with Crippen molar-refractivity contribution in [3.8, 4) is 0 Å². The number of halogens is 1. The van der Waals surface area contributed by atoms with Crippen LogP contribution in [0.15, 0.2) is 29.0 Å². The number of rotatable bonds is 3. The van der Waals surface area contributed by atoms with Crippen LogP contribution in [-0.2, 0) is 0 Å². The lowest BCUT2D eigenvalue weighted by molar-refractivity contribution is 0.0941. The summed E-state index contributed by atoms with van der Waals surface area (Å²) in [5, 5.41) is 6.66. The molecule has 1 N–H and O–H groups in total. The van der Waals surface area contributed by atoms with Crippen molar-refractivity contribution in [2.75, 3.05) is 0 Å². The zero-order chi connectivity index (χ0) is 11.5. The second-order valence-electron chi connectivity index (χ2n) is 3.35. The van der Waals surface area contributed by atoms with Gasteiger partial charge in [-0.1, -0.05) is 11.6 Å². The molecule has 16 heavy (non-hydrogen) atoms. The second-order valence-corrected chi connectivity index (χ2v) is 5.88. The highest BCUT2D eigenvalue weighted by Gasteiger charge is 2.12. The summed E-state index contributed by atoms with van der Waals surface area (Å²) in [6, 6.07) is 5.58. The maximum atomic E-state index is 11.8. The standard InChI is InChI=1S/C11H10ClNOS2/c1-7(9-2-3-10(12)16-9)13-11(14)8-4-5-15-6-8/h2-7H,1H3,(H,13,14). The molecular formula is C11H10ClNOS2. The first kappa shape index (κ1) is 11.6. The molecule has 2 aromatic rings. The van der Waals surface area contributed by atoms with Crippen LogP contribution in [0.3, 0.4) is 0 Å². The third kappa shape index (κ3) is 2.64. The van der Waals surface area contributed by atoms with Crippen molar-refractivity contribution in [1.82, 2.24) is 5.32 Å². The van der Waals surface area contributed by atoms with Crippen LogP contribution in [0.2, 0.25) is 4.34 Å². The number of hydrogen-bond acceptors (Lipinski definition) is 3. The van der Waals surface area contributed by atoms with Gasteiger partial charge in [0.05, 0.1) is 15.9 Å². The van der Waals surface area contributed by atoms with Crippen LogP contribution in [0.1, 0.15) is 28.2 Å². The fraction of sp³-hybridized carbons (Fsp3) is 0.182. The first-order chi connectivity index (χ1) is 7.66. The van der Waals surface area contributed by atoms with Gasteiger partial charge in [0.25, 0.3) is 5.91 Å². The minimum atomic E-state index is -0.0433. The molecule has 2 aromatic heterocycles. The molecule has 1 atom stereocenters. The van der Waals surface area contributed by atoms with Crippen molar-refractivity contribution in [2.24, 2.45) is 0 Å². The van der Waals surface area contributed by atoms with Crippen LogP contribution < -0.4 is 5.32 Å². The maximum Gasteiger partial charge on any atom is 0.252 e. The molecule has 5 heteroatoms. The molecule has 0 spiro atoms. The zero-order valence-corrected chi connectivity index (χ0v) is 11.0. The molecule has 0 aliphatic carbocycles. The van der Waals surface area contributed by atoms with E-state index >= 15 is 0 Å². The van der Waals surface area contributed by atoms with E-state index in [0.29, 0.717) is 5.56 Å². The van der Waals surface area contributed by atoms with Gasteiger partial charge in [-0.25, -0.2) is 0 Å². The number of thiophene rings is 2. The van der Waals surface area contributed by atoms with Gasteiger partial charge in [0.15, 0.2) is 0 Å². The van der Waals surface area contributed by atoms with E-state index in [9.17, 15) is 4.79 Å². The van der Waals surface area contributed by atoms with Gasteiger partial charge < -0.3 is 5.32 Å². The molecule has 0 bridgehead atoms. The Hall–Kier alpha value is -0.840. The summed E-state index contributed by atoms with van der Waals surface area (Å²) < 4.78 is 0.742. The largest absolute Gasteiger partial charge is 0.345 e. The summed E-state index contributed by atoms with van der Waals surface area (Å²) in [6.45, 7) is 1.95. The number of carbonyl (C=O) groups is 1. The average molecular weight is 272 g/mol. The van der Waals surface area contributed by atoms with Crippen molar-refractivity contribution >= 4 is 40.2 Å². The lowest BCUT2D eigenvalue weighted by Crippen LogP contribution is -2.25. The predicted molar refractivity (Wildman–Crippen MR) is 69.5 cm³/mol. The van der Waals surface area contributed by atoms with Gasteiger partial charge in [0.2, 0.25) is 0 Å². The van der Waals surface area contributed by atoms with Crippen molar-refractivity contribution in [3.05, 3.63) is 43.7 Å². The Kier molecular flexibility index (Phi) is 3.63. The SMILES string of the molecule is CC(NC(=O)c1ccsc1)c1ccc(Cl)s1. The number of carbonyl (C=O) groups excluding carboxylic acids is 1. The van der Waals surface area contributed by atoms with E-state index in [-0.39, 0.29) is 11.9 Å². The molecule has 1 unspecified atom stereocenters. The fourth-order valence-electron chi connectivity index (χ4n) is 1.31. The Morgan fingerprint density at radius 3 is 2.81 bits per heavy atom. The van der Waals surface area contributed by atoms with Gasteiger partial charge in [0, 0.05) is 10.3 Å². The van der Waals surface area contributed by atoms with Crippen molar-refractivity contribution < 1.29 is 4.79 Å². The molecule has 2 nitrogen and oxygen atoms in total. The first-order valence-corrected chi connectivity index (χ1v) is 6.89. The normalized spacial score (nSPS) is 12.4. The number of amides is 1. The molecule has 0 radical (unpaired) electrons. The van der Waals surface area contributed by atoms with E-state index in [2.05, 4.69) is 5.32 Å². The Morgan fingerprint density at radius 2 is 2.25 bits per heavy atom. The second kappa shape index (κ2) is 4.99. The summed E-state index contributed by atoms with van der Waals surface area (Å²) in [7, 11) is 0. The third-order valence-corrected chi connectivity index (χ3v) is 4.25. The van der Waals surface area contributed by atoms with Crippen molar-refractivity contribution in [3.63, 3.8) is 0 Å². The molecule has 2 heterocycles. The summed E-state index contributed by atoms with van der Waals surface area (Å²) in [5.41, 5.74) is 0.708. The topological polar surface area (TPSA) is 29.1 Å². The monoisotopic (exact) mass is 271 g/mol. The highest BCUT2D eigenvalue weighted by Crippen LogP contribution is 2.26. The van der Waals surface area contributed by atoms with E-state index in [0.717, 1.165) is 9.21 Å². The van der Waals surface area contributed by atoms with Gasteiger partial charge >= 0.3 is 0 Å². The van der Waals surface area contributed by atoms with Crippen molar-refractivity contribution in [2.45, 2.75) is 13.0 Å².